The molecular formula is C13H11ClN4S. The SMILES string of the molecule is Nc1nc(NCc2cccs2)nc2ccc(Cl)cc12. The molecular weight excluding hydrogens is 280 g/mol. The van der Waals surface area contributed by atoms with Gasteiger partial charge in [0.15, 0.2) is 0 Å². The number of benzene rings is 1. The van der Waals surface area contributed by atoms with Crippen molar-refractivity contribution in [3.05, 3.63) is 45.6 Å². The smallest absolute Gasteiger partial charge is 0.225 e. The first kappa shape index (κ1) is 12.2. The number of aromatic nitrogens is 2. The highest BCUT2D eigenvalue weighted by Gasteiger charge is 2.06. The number of nitrogens with two attached hydrogens (primary N) is 1. The van der Waals surface area contributed by atoms with Gasteiger partial charge in [0.2, 0.25) is 5.95 Å². The fraction of sp³-hybridized carbons (Fsp3) is 0.0769. The highest BCUT2D eigenvalue weighted by molar-refractivity contribution is 7.09. The molecule has 0 radical (unpaired) electrons. The van der Waals surface area contributed by atoms with Gasteiger partial charge in [0.1, 0.15) is 5.82 Å². The van der Waals surface area contributed by atoms with E-state index in [1.807, 2.05) is 17.5 Å². The quantitative estimate of drug-likeness (QED) is 0.774. The van der Waals surface area contributed by atoms with Crippen LogP contribution in [0.3, 0.4) is 0 Å². The standard InChI is InChI=1S/C13H11ClN4S/c14-8-3-4-11-10(6-8)12(15)18-13(17-11)16-7-9-2-1-5-19-9/h1-6H,7H2,(H3,15,16,17,18). The summed E-state index contributed by atoms with van der Waals surface area (Å²) in [4.78, 5) is 9.88. The van der Waals surface area contributed by atoms with Gasteiger partial charge in [0.05, 0.1) is 12.1 Å². The highest BCUT2D eigenvalue weighted by atomic mass is 35.5. The second-order valence-corrected chi connectivity index (χ2v) is 5.50. The molecule has 0 aliphatic rings. The number of anilines is 2. The van der Waals surface area contributed by atoms with Gasteiger partial charge in [-0.3, -0.25) is 0 Å². The third-order valence-electron chi connectivity index (χ3n) is 2.69. The van der Waals surface area contributed by atoms with E-state index in [0.717, 1.165) is 10.9 Å². The zero-order chi connectivity index (χ0) is 13.2. The Kier molecular flexibility index (Phi) is 3.23. The van der Waals surface area contributed by atoms with E-state index in [-0.39, 0.29) is 0 Å². The van der Waals surface area contributed by atoms with Crippen molar-refractivity contribution in [1.29, 1.82) is 0 Å². The Morgan fingerprint density at radius 1 is 1.26 bits per heavy atom. The number of nitrogens with zero attached hydrogens (tertiary/aromatic N) is 2. The average Bonchev–Trinajstić information content (AvgIpc) is 2.90. The molecule has 2 heterocycles. The normalized spacial score (nSPS) is 10.8. The van der Waals surface area contributed by atoms with Crippen LogP contribution < -0.4 is 11.1 Å². The van der Waals surface area contributed by atoms with Crippen LogP contribution in [0.1, 0.15) is 4.88 Å². The van der Waals surface area contributed by atoms with E-state index in [2.05, 4.69) is 21.4 Å². The molecule has 1 aromatic carbocycles. The molecule has 0 amide bonds. The van der Waals surface area contributed by atoms with Crippen LogP contribution in [0.25, 0.3) is 10.9 Å². The first-order valence-corrected chi connectivity index (χ1v) is 6.97. The van der Waals surface area contributed by atoms with Crippen molar-refractivity contribution in [2.45, 2.75) is 6.54 Å². The molecule has 19 heavy (non-hydrogen) atoms. The number of halogens is 1. The van der Waals surface area contributed by atoms with Gasteiger partial charge in [0, 0.05) is 15.3 Å². The lowest BCUT2D eigenvalue weighted by Crippen LogP contribution is -2.05. The van der Waals surface area contributed by atoms with E-state index in [9.17, 15) is 0 Å². The fourth-order valence-electron chi connectivity index (χ4n) is 1.78. The van der Waals surface area contributed by atoms with E-state index in [0.29, 0.717) is 23.3 Å². The molecule has 6 heteroatoms. The Hall–Kier alpha value is -1.85. The summed E-state index contributed by atoms with van der Waals surface area (Å²) in [5.74, 6) is 0.960. The Bertz CT molecular complexity index is 712. The zero-order valence-electron chi connectivity index (χ0n) is 9.93. The van der Waals surface area contributed by atoms with Gasteiger partial charge < -0.3 is 11.1 Å². The molecule has 0 spiro atoms. The van der Waals surface area contributed by atoms with Crippen LogP contribution in [0.5, 0.6) is 0 Å². The van der Waals surface area contributed by atoms with Crippen LogP contribution >= 0.6 is 22.9 Å². The van der Waals surface area contributed by atoms with E-state index in [1.54, 1.807) is 23.5 Å². The molecule has 0 fully saturated rings. The maximum absolute atomic E-state index is 5.93. The third-order valence-corrected chi connectivity index (χ3v) is 3.80. The number of nitrogen functional groups attached to an aromatic ring is 1. The van der Waals surface area contributed by atoms with Gasteiger partial charge in [0.25, 0.3) is 0 Å². The predicted molar refractivity (Wildman–Crippen MR) is 80.6 cm³/mol. The first-order valence-electron chi connectivity index (χ1n) is 5.71. The Morgan fingerprint density at radius 3 is 2.95 bits per heavy atom. The summed E-state index contributed by atoms with van der Waals surface area (Å²) in [6.07, 6.45) is 0. The molecule has 3 aromatic rings. The minimum atomic E-state index is 0.432. The van der Waals surface area contributed by atoms with Crippen molar-refractivity contribution < 1.29 is 0 Å². The second-order valence-electron chi connectivity index (χ2n) is 4.03. The van der Waals surface area contributed by atoms with Crippen molar-refractivity contribution in [2.75, 3.05) is 11.1 Å². The number of nitrogens with one attached hydrogen (secondary N) is 1. The molecule has 0 aliphatic heterocycles. The largest absolute Gasteiger partial charge is 0.383 e. The van der Waals surface area contributed by atoms with E-state index >= 15 is 0 Å². The number of thiophene rings is 1. The summed E-state index contributed by atoms with van der Waals surface area (Å²) in [6, 6.07) is 9.47. The number of hydrogen-bond acceptors (Lipinski definition) is 5. The molecule has 0 unspecified atom stereocenters. The maximum atomic E-state index is 5.93. The minimum absolute atomic E-state index is 0.432. The molecule has 0 saturated heterocycles. The zero-order valence-corrected chi connectivity index (χ0v) is 11.5. The van der Waals surface area contributed by atoms with Crippen molar-refractivity contribution in [3.63, 3.8) is 0 Å². The number of fused-ring (bicyclic) bond motifs is 1. The summed E-state index contributed by atoms with van der Waals surface area (Å²) >= 11 is 7.62. The summed E-state index contributed by atoms with van der Waals surface area (Å²) in [6.45, 7) is 0.691. The lowest BCUT2D eigenvalue weighted by molar-refractivity contribution is 1.10. The van der Waals surface area contributed by atoms with Gasteiger partial charge >= 0.3 is 0 Å². The molecule has 96 valence electrons. The highest BCUT2D eigenvalue weighted by Crippen LogP contribution is 2.23. The van der Waals surface area contributed by atoms with Crippen LogP contribution in [0.4, 0.5) is 11.8 Å². The van der Waals surface area contributed by atoms with Crippen LogP contribution in [0.2, 0.25) is 5.02 Å². The molecule has 0 bridgehead atoms. The van der Waals surface area contributed by atoms with E-state index < -0.39 is 0 Å². The van der Waals surface area contributed by atoms with Crippen molar-refractivity contribution in [2.24, 2.45) is 0 Å². The monoisotopic (exact) mass is 290 g/mol. The van der Waals surface area contributed by atoms with Gasteiger partial charge in [-0.2, -0.15) is 4.98 Å². The topological polar surface area (TPSA) is 63.8 Å². The van der Waals surface area contributed by atoms with E-state index in [4.69, 9.17) is 17.3 Å². The first-order chi connectivity index (χ1) is 9.22. The van der Waals surface area contributed by atoms with Gasteiger partial charge in [-0.25, -0.2) is 4.98 Å². The lowest BCUT2D eigenvalue weighted by Gasteiger charge is -2.07. The molecule has 2 aromatic heterocycles. The van der Waals surface area contributed by atoms with Crippen LogP contribution in [-0.2, 0) is 6.54 Å². The molecule has 0 atom stereocenters. The van der Waals surface area contributed by atoms with Crippen LogP contribution in [0, 0.1) is 0 Å². The molecule has 0 aliphatic carbocycles. The third kappa shape index (κ3) is 2.62. The average molecular weight is 291 g/mol. The molecule has 3 rings (SSSR count). The van der Waals surface area contributed by atoms with Crippen LogP contribution in [0.15, 0.2) is 35.7 Å². The lowest BCUT2D eigenvalue weighted by atomic mass is 10.2. The van der Waals surface area contributed by atoms with Gasteiger partial charge in [-0.05, 0) is 29.6 Å². The molecule has 4 nitrogen and oxygen atoms in total. The number of rotatable bonds is 3. The Morgan fingerprint density at radius 2 is 2.16 bits per heavy atom. The fourth-order valence-corrected chi connectivity index (χ4v) is 2.60. The summed E-state index contributed by atoms with van der Waals surface area (Å²) in [5.41, 5.74) is 6.71. The Labute approximate surface area is 119 Å². The predicted octanol–water partition coefficient (Wildman–Crippen LogP) is 3.54. The summed E-state index contributed by atoms with van der Waals surface area (Å²) in [5, 5.41) is 6.61. The van der Waals surface area contributed by atoms with Crippen LogP contribution in [-0.4, -0.2) is 9.97 Å². The van der Waals surface area contributed by atoms with E-state index in [1.165, 1.54) is 4.88 Å². The second kappa shape index (κ2) is 5.03. The Balaban J connectivity index is 1.90. The summed E-state index contributed by atoms with van der Waals surface area (Å²) in [7, 11) is 0. The summed E-state index contributed by atoms with van der Waals surface area (Å²) < 4.78 is 0. The van der Waals surface area contributed by atoms with Crippen molar-refractivity contribution in [3.8, 4) is 0 Å². The minimum Gasteiger partial charge on any atom is -0.383 e. The van der Waals surface area contributed by atoms with Crippen molar-refractivity contribution in [1.82, 2.24) is 9.97 Å². The molecule has 3 N–H and O–H groups in total. The van der Waals surface area contributed by atoms with Gasteiger partial charge in [-0.15, -0.1) is 11.3 Å². The maximum Gasteiger partial charge on any atom is 0.225 e. The molecule has 0 saturated carbocycles. The number of hydrogen-bond donors (Lipinski definition) is 2. The van der Waals surface area contributed by atoms with Gasteiger partial charge in [-0.1, -0.05) is 17.7 Å². The van der Waals surface area contributed by atoms with Crippen molar-refractivity contribution >= 4 is 45.6 Å².